The average Bonchev–Trinajstić information content (AvgIpc) is 2.79. The van der Waals surface area contributed by atoms with Crippen molar-refractivity contribution >= 4 is 33.2 Å². The third-order valence-electron chi connectivity index (χ3n) is 5.29. The Kier molecular flexibility index (Phi) is 6.52. The van der Waals surface area contributed by atoms with Crippen LogP contribution >= 0.6 is 0 Å². The number of anilines is 2. The van der Waals surface area contributed by atoms with Crippen molar-refractivity contribution in [3.63, 3.8) is 0 Å². The smallest absolute Gasteiger partial charge is 0.244 e. The van der Waals surface area contributed by atoms with Gasteiger partial charge in [0.25, 0.3) is 0 Å². The van der Waals surface area contributed by atoms with Gasteiger partial charge in [0.1, 0.15) is 16.8 Å². The van der Waals surface area contributed by atoms with Gasteiger partial charge in [-0.25, -0.2) is 12.8 Å². The minimum atomic E-state index is -4.30. The minimum absolute atomic E-state index is 0.0650. The van der Waals surface area contributed by atoms with Crippen LogP contribution in [0.3, 0.4) is 0 Å². The summed E-state index contributed by atoms with van der Waals surface area (Å²) in [7, 11) is -4.30. The molecule has 0 aliphatic carbocycles. The molecule has 0 saturated carbocycles. The highest BCUT2D eigenvalue weighted by molar-refractivity contribution is 7.89. The molecule has 0 fully saturated rings. The van der Waals surface area contributed by atoms with Gasteiger partial charge < -0.3 is 10.6 Å². The van der Waals surface area contributed by atoms with Gasteiger partial charge >= 0.3 is 0 Å². The van der Waals surface area contributed by atoms with E-state index in [0.717, 1.165) is 23.3 Å². The molecule has 0 aromatic heterocycles. The van der Waals surface area contributed by atoms with E-state index in [2.05, 4.69) is 15.4 Å². The van der Waals surface area contributed by atoms with Crippen LogP contribution in [0.15, 0.2) is 77.7 Å². The number of rotatable bonds is 7. The molecule has 1 aliphatic heterocycles. The lowest BCUT2D eigenvalue weighted by Crippen LogP contribution is -2.45. The molecule has 0 unspecified atom stereocenters. The van der Waals surface area contributed by atoms with Crippen LogP contribution < -0.4 is 15.4 Å². The number of fused-ring (bicyclic) bond motifs is 1. The Balaban J connectivity index is 1.58. The lowest BCUT2D eigenvalue weighted by Gasteiger charge is -2.21. The number of halogens is 1. The van der Waals surface area contributed by atoms with Gasteiger partial charge in [0.2, 0.25) is 21.8 Å². The molecule has 1 heterocycles. The van der Waals surface area contributed by atoms with Crippen LogP contribution in [-0.4, -0.2) is 26.3 Å². The minimum Gasteiger partial charge on any atom is -0.326 e. The van der Waals surface area contributed by atoms with Gasteiger partial charge in [0.05, 0.1) is 0 Å². The van der Waals surface area contributed by atoms with E-state index in [1.807, 2.05) is 6.07 Å². The van der Waals surface area contributed by atoms with Gasteiger partial charge in [-0.05, 0) is 54.3 Å². The van der Waals surface area contributed by atoms with E-state index < -0.39 is 32.7 Å². The summed E-state index contributed by atoms with van der Waals surface area (Å²) in [5, 5.41) is 5.51. The first-order valence-electron chi connectivity index (χ1n) is 10.4. The monoisotopic (exact) mass is 467 g/mol. The zero-order chi connectivity index (χ0) is 23.4. The van der Waals surface area contributed by atoms with E-state index in [-0.39, 0.29) is 12.3 Å². The molecule has 2 amide bonds. The first kappa shape index (κ1) is 22.6. The van der Waals surface area contributed by atoms with Crippen molar-refractivity contribution in [3.05, 3.63) is 89.7 Å². The Hall–Kier alpha value is -3.56. The number of hydrogen-bond donors (Lipinski definition) is 3. The third kappa shape index (κ3) is 5.44. The van der Waals surface area contributed by atoms with Crippen molar-refractivity contribution in [1.29, 1.82) is 0 Å². The Morgan fingerprint density at radius 3 is 2.48 bits per heavy atom. The second-order valence-corrected chi connectivity index (χ2v) is 9.39. The van der Waals surface area contributed by atoms with Gasteiger partial charge in [0.15, 0.2) is 0 Å². The molecule has 1 atom stereocenters. The molecule has 0 radical (unpaired) electrons. The molecular formula is C24H22FN3O4S. The van der Waals surface area contributed by atoms with Crippen LogP contribution in [0.1, 0.15) is 17.5 Å². The summed E-state index contributed by atoms with van der Waals surface area (Å²) in [6.45, 7) is 0. The van der Waals surface area contributed by atoms with E-state index in [1.54, 1.807) is 42.5 Å². The maximum atomic E-state index is 14.1. The van der Waals surface area contributed by atoms with Crippen LogP contribution in [-0.2, 0) is 32.5 Å². The summed E-state index contributed by atoms with van der Waals surface area (Å²) in [6, 6.07) is 17.8. The Labute approximate surface area is 191 Å². The molecule has 3 aromatic carbocycles. The SMILES string of the molecule is O=C1CCc2cc(NC(=O)[C@H](Cc3ccccc3)NS(=O)(=O)c3ccccc3F)ccc2N1. The predicted octanol–water partition coefficient (Wildman–Crippen LogP) is 3.24. The average molecular weight is 468 g/mol. The van der Waals surface area contributed by atoms with E-state index in [4.69, 9.17) is 0 Å². The summed E-state index contributed by atoms with van der Waals surface area (Å²) in [5.74, 6) is -1.55. The number of carbonyl (C=O) groups is 2. The number of benzene rings is 3. The Morgan fingerprint density at radius 1 is 1.00 bits per heavy atom. The molecule has 1 aliphatic rings. The van der Waals surface area contributed by atoms with Gasteiger partial charge in [-0.1, -0.05) is 42.5 Å². The molecule has 33 heavy (non-hydrogen) atoms. The third-order valence-corrected chi connectivity index (χ3v) is 6.80. The van der Waals surface area contributed by atoms with E-state index >= 15 is 0 Å². The molecule has 0 bridgehead atoms. The first-order valence-corrected chi connectivity index (χ1v) is 11.8. The van der Waals surface area contributed by atoms with Crippen molar-refractivity contribution in [2.75, 3.05) is 10.6 Å². The maximum absolute atomic E-state index is 14.1. The summed E-state index contributed by atoms with van der Waals surface area (Å²) in [5.41, 5.74) is 2.77. The molecule has 170 valence electrons. The topological polar surface area (TPSA) is 104 Å². The molecule has 9 heteroatoms. The van der Waals surface area contributed by atoms with Crippen molar-refractivity contribution in [2.45, 2.75) is 30.2 Å². The zero-order valence-electron chi connectivity index (χ0n) is 17.5. The quantitative estimate of drug-likeness (QED) is 0.496. The normalized spacial score (nSPS) is 14.2. The molecular weight excluding hydrogens is 445 g/mol. The zero-order valence-corrected chi connectivity index (χ0v) is 18.4. The number of sulfonamides is 1. The molecule has 3 aromatic rings. The maximum Gasteiger partial charge on any atom is 0.244 e. The van der Waals surface area contributed by atoms with Crippen LogP contribution in [0.4, 0.5) is 15.8 Å². The van der Waals surface area contributed by atoms with Gasteiger partial charge in [-0.2, -0.15) is 4.72 Å². The van der Waals surface area contributed by atoms with Crippen molar-refractivity contribution in [3.8, 4) is 0 Å². The molecule has 4 rings (SSSR count). The van der Waals surface area contributed by atoms with Crippen LogP contribution in [0.25, 0.3) is 0 Å². The number of nitrogens with one attached hydrogen (secondary N) is 3. The van der Waals surface area contributed by atoms with Crippen LogP contribution in [0.2, 0.25) is 0 Å². The predicted molar refractivity (Wildman–Crippen MR) is 123 cm³/mol. The summed E-state index contributed by atoms with van der Waals surface area (Å²) >= 11 is 0. The summed E-state index contributed by atoms with van der Waals surface area (Å²) < 4.78 is 42.2. The molecule has 0 spiro atoms. The first-order chi connectivity index (χ1) is 15.8. The van der Waals surface area contributed by atoms with Crippen LogP contribution in [0, 0.1) is 5.82 Å². The number of amides is 2. The summed E-state index contributed by atoms with van der Waals surface area (Å²) in [4.78, 5) is 24.2. The molecule has 7 nitrogen and oxygen atoms in total. The van der Waals surface area contributed by atoms with Crippen molar-refractivity contribution in [1.82, 2.24) is 4.72 Å². The Morgan fingerprint density at radius 2 is 1.73 bits per heavy atom. The number of hydrogen-bond acceptors (Lipinski definition) is 4. The van der Waals surface area contributed by atoms with Gasteiger partial charge in [0, 0.05) is 17.8 Å². The van der Waals surface area contributed by atoms with Crippen molar-refractivity contribution in [2.24, 2.45) is 0 Å². The fourth-order valence-corrected chi connectivity index (χ4v) is 4.92. The molecule has 3 N–H and O–H groups in total. The molecule has 0 saturated heterocycles. The standard InChI is InChI=1S/C24H22FN3O4S/c25-19-8-4-5-9-22(19)33(31,32)28-21(14-16-6-2-1-3-7-16)24(30)26-18-11-12-20-17(15-18)10-13-23(29)27-20/h1-9,11-12,15,21,28H,10,13-14H2,(H,26,30)(H,27,29)/t21-/m0/s1. The van der Waals surface area contributed by atoms with E-state index in [0.29, 0.717) is 24.2 Å². The largest absolute Gasteiger partial charge is 0.326 e. The van der Waals surface area contributed by atoms with Crippen LogP contribution in [0.5, 0.6) is 0 Å². The lowest BCUT2D eigenvalue weighted by molar-refractivity contribution is -0.118. The number of aryl methyl sites for hydroxylation is 1. The fraction of sp³-hybridized carbons (Fsp3) is 0.167. The fourth-order valence-electron chi connectivity index (χ4n) is 3.64. The van der Waals surface area contributed by atoms with E-state index in [9.17, 15) is 22.4 Å². The summed E-state index contributed by atoms with van der Waals surface area (Å²) in [6.07, 6.45) is 0.961. The van der Waals surface area contributed by atoms with Gasteiger partial charge in [-0.15, -0.1) is 0 Å². The second-order valence-electron chi connectivity index (χ2n) is 7.70. The highest BCUT2D eigenvalue weighted by Gasteiger charge is 2.28. The van der Waals surface area contributed by atoms with Gasteiger partial charge in [-0.3, -0.25) is 9.59 Å². The highest BCUT2D eigenvalue weighted by atomic mass is 32.2. The van der Waals surface area contributed by atoms with E-state index in [1.165, 1.54) is 12.1 Å². The number of carbonyl (C=O) groups excluding carboxylic acids is 2. The van der Waals surface area contributed by atoms with Crippen molar-refractivity contribution < 1.29 is 22.4 Å². The second kappa shape index (κ2) is 9.51. The Bertz CT molecular complexity index is 1300. The highest BCUT2D eigenvalue weighted by Crippen LogP contribution is 2.26. The lowest BCUT2D eigenvalue weighted by atomic mass is 10.0.